The summed E-state index contributed by atoms with van der Waals surface area (Å²) in [5.74, 6) is 1.34. The highest BCUT2D eigenvalue weighted by molar-refractivity contribution is 5.45. The molecule has 1 N–H and O–H groups in total. The van der Waals surface area contributed by atoms with Gasteiger partial charge in [-0.2, -0.15) is 0 Å². The van der Waals surface area contributed by atoms with Crippen molar-refractivity contribution in [3.05, 3.63) is 18.2 Å². The summed E-state index contributed by atoms with van der Waals surface area (Å²) in [7, 11) is 1.57. The van der Waals surface area contributed by atoms with Crippen LogP contribution in [0.1, 0.15) is 0 Å². The molecular formula is C10H12O4. The zero-order chi connectivity index (χ0) is 9.97. The normalized spacial score (nSPS) is 16.1. The number of ether oxygens (including phenoxy) is 3. The number of phenols is 1. The molecule has 1 aromatic carbocycles. The summed E-state index contributed by atoms with van der Waals surface area (Å²) in [6.07, 6.45) is 0.0747. The van der Waals surface area contributed by atoms with Crippen LogP contribution in [-0.4, -0.2) is 31.5 Å². The van der Waals surface area contributed by atoms with Crippen LogP contribution in [0, 0.1) is 0 Å². The first kappa shape index (κ1) is 9.15. The lowest BCUT2D eigenvalue weighted by Gasteiger charge is -2.27. The second-order valence-corrected chi connectivity index (χ2v) is 3.11. The summed E-state index contributed by atoms with van der Waals surface area (Å²) < 4.78 is 15.6. The minimum absolute atomic E-state index is 0.0747. The van der Waals surface area contributed by atoms with Crippen LogP contribution < -0.4 is 9.47 Å². The molecule has 1 aliphatic heterocycles. The topological polar surface area (TPSA) is 47.9 Å². The third-order valence-electron chi connectivity index (χ3n) is 2.05. The minimum Gasteiger partial charge on any atom is -0.508 e. The highest BCUT2D eigenvalue weighted by atomic mass is 16.6. The number of aromatic hydroxyl groups is 1. The van der Waals surface area contributed by atoms with Gasteiger partial charge in [0.2, 0.25) is 0 Å². The van der Waals surface area contributed by atoms with Gasteiger partial charge in [0, 0.05) is 6.07 Å². The van der Waals surface area contributed by atoms with Crippen LogP contribution in [0.5, 0.6) is 17.2 Å². The highest BCUT2D eigenvalue weighted by Crippen LogP contribution is 2.32. The van der Waals surface area contributed by atoms with Crippen molar-refractivity contribution in [2.45, 2.75) is 6.10 Å². The van der Waals surface area contributed by atoms with E-state index >= 15 is 0 Å². The molecule has 14 heavy (non-hydrogen) atoms. The number of phenolic OH excluding ortho intramolecular Hbond substituents is 1. The third-order valence-corrected chi connectivity index (χ3v) is 2.05. The quantitative estimate of drug-likeness (QED) is 0.788. The van der Waals surface area contributed by atoms with Crippen molar-refractivity contribution in [2.24, 2.45) is 0 Å². The Morgan fingerprint density at radius 1 is 1.36 bits per heavy atom. The fraction of sp³-hybridized carbons (Fsp3) is 0.400. The Morgan fingerprint density at radius 3 is 2.71 bits per heavy atom. The molecule has 0 unspecified atom stereocenters. The van der Waals surface area contributed by atoms with Crippen LogP contribution in [0.15, 0.2) is 18.2 Å². The van der Waals surface area contributed by atoms with Crippen molar-refractivity contribution in [1.29, 1.82) is 0 Å². The molecule has 1 fully saturated rings. The first-order chi connectivity index (χ1) is 6.79. The largest absolute Gasteiger partial charge is 0.508 e. The van der Waals surface area contributed by atoms with E-state index in [2.05, 4.69) is 0 Å². The van der Waals surface area contributed by atoms with E-state index in [-0.39, 0.29) is 11.9 Å². The lowest BCUT2D eigenvalue weighted by atomic mass is 10.2. The predicted octanol–water partition coefficient (Wildman–Crippen LogP) is 1.18. The number of hydrogen-bond acceptors (Lipinski definition) is 4. The molecule has 0 aromatic heterocycles. The number of methoxy groups -OCH3 is 1. The monoisotopic (exact) mass is 196 g/mol. The van der Waals surface area contributed by atoms with E-state index in [1.165, 1.54) is 6.07 Å². The Morgan fingerprint density at radius 2 is 2.14 bits per heavy atom. The van der Waals surface area contributed by atoms with Gasteiger partial charge in [-0.05, 0) is 12.1 Å². The standard InChI is InChI=1S/C10H12O4/c1-12-9-3-2-7(11)4-10(9)14-8-5-13-6-8/h2-4,8,11H,5-6H2,1H3. The zero-order valence-corrected chi connectivity index (χ0v) is 7.90. The van der Waals surface area contributed by atoms with Crippen LogP contribution in [0.3, 0.4) is 0 Å². The van der Waals surface area contributed by atoms with E-state index in [1.807, 2.05) is 0 Å². The molecule has 0 saturated carbocycles. The fourth-order valence-electron chi connectivity index (χ4n) is 1.22. The average molecular weight is 196 g/mol. The van der Waals surface area contributed by atoms with E-state index in [0.29, 0.717) is 24.7 Å². The van der Waals surface area contributed by atoms with Crippen molar-refractivity contribution in [3.8, 4) is 17.2 Å². The molecule has 76 valence electrons. The molecule has 0 radical (unpaired) electrons. The zero-order valence-electron chi connectivity index (χ0n) is 7.90. The minimum atomic E-state index is 0.0747. The maximum Gasteiger partial charge on any atom is 0.165 e. The Hall–Kier alpha value is -1.42. The van der Waals surface area contributed by atoms with Gasteiger partial charge < -0.3 is 19.3 Å². The molecule has 2 rings (SSSR count). The van der Waals surface area contributed by atoms with E-state index in [1.54, 1.807) is 19.2 Å². The highest BCUT2D eigenvalue weighted by Gasteiger charge is 2.21. The lowest BCUT2D eigenvalue weighted by Crippen LogP contribution is -2.38. The maximum absolute atomic E-state index is 9.27. The molecule has 0 amide bonds. The van der Waals surface area contributed by atoms with Gasteiger partial charge in [0.25, 0.3) is 0 Å². The molecular weight excluding hydrogens is 184 g/mol. The molecule has 1 heterocycles. The van der Waals surface area contributed by atoms with Crippen LogP contribution in [0.2, 0.25) is 0 Å². The Labute approximate surface area is 82.0 Å². The molecule has 0 spiro atoms. The summed E-state index contributed by atoms with van der Waals surface area (Å²) in [6, 6.07) is 4.77. The van der Waals surface area contributed by atoms with Crippen LogP contribution in [0.4, 0.5) is 0 Å². The Kier molecular flexibility index (Phi) is 2.45. The van der Waals surface area contributed by atoms with Gasteiger partial charge in [-0.25, -0.2) is 0 Å². The Balaban J connectivity index is 2.15. The first-order valence-electron chi connectivity index (χ1n) is 4.41. The Bertz CT molecular complexity index is 320. The van der Waals surface area contributed by atoms with Crippen molar-refractivity contribution in [3.63, 3.8) is 0 Å². The van der Waals surface area contributed by atoms with Crippen molar-refractivity contribution in [2.75, 3.05) is 20.3 Å². The summed E-state index contributed by atoms with van der Waals surface area (Å²) in [6.45, 7) is 1.19. The molecule has 4 heteroatoms. The summed E-state index contributed by atoms with van der Waals surface area (Å²) >= 11 is 0. The second-order valence-electron chi connectivity index (χ2n) is 3.11. The van der Waals surface area contributed by atoms with Gasteiger partial charge in [-0.15, -0.1) is 0 Å². The average Bonchev–Trinajstić information content (AvgIpc) is 2.12. The molecule has 0 bridgehead atoms. The summed E-state index contributed by atoms with van der Waals surface area (Å²) in [5.41, 5.74) is 0. The van der Waals surface area contributed by atoms with Gasteiger partial charge in [0.1, 0.15) is 11.9 Å². The lowest BCUT2D eigenvalue weighted by molar-refractivity contribution is -0.0803. The number of benzene rings is 1. The number of rotatable bonds is 3. The van der Waals surface area contributed by atoms with Crippen LogP contribution >= 0.6 is 0 Å². The fourth-order valence-corrected chi connectivity index (χ4v) is 1.22. The molecule has 1 aliphatic rings. The molecule has 0 atom stereocenters. The number of hydrogen-bond donors (Lipinski definition) is 1. The molecule has 1 aromatic rings. The molecule has 0 aliphatic carbocycles. The SMILES string of the molecule is COc1ccc(O)cc1OC1COC1. The van der Waals surface area contributed by atoms with Gasteiger partial charge in [-0.3, -0.25) is 0 Å². The van der Waals surface area contributed by atoms with Gasteiger partial charge >= 0.3 is 0 Å². The summed E-state index contributed by atoms with van der Waals surface area (Å²) in [5, 5.41) is 9.27. The molecule has 4 nitrogen and oxygen atoms in total. The van der Waals surface area contributed by atoms with Crippen molar-refractivity contribution < 1.29 is 19.3 Å². The predicted molar refractivity (Wildman–Crippen MR) is 49.9 cm³/mol. The van der Waals surface area contributed by atoms with Crippen LogP contribution in [0.25, 0.3) is 0 Å². The smallest absolute Gasteiger partial charge is 0.165 e. The van der Waals surface area contributed by atoms with Crippen molar-refractivity contribution >= 4 is 0 Å². The van der Waals surface area contributed by atoms with Gasteiger partial charge in [-0.1, -0.05) is 0 Å². The van der Waals surface area contributed by atoms with Gasteiger partial charge in [0.05, 0.1) is 20.3 Å². The molecule has 1 saturated heterocycles. The van der Waals surface area contributed by atoms with E-state index in [0.717, 1.165) is 0 Å². The van der Waals surface area contributed by atoms with Crippen LogP contribution in [-0.2, 0) is 4.74 Å². The first-order valence-corrected chi connectivity index (χ1v) is 4.41. The second kappa shape index (κ2) is 3.75. The third kappa shape index (κ3) is 1.75. The van der Waals surface area contributed by atoms with E-state index in [9.17, 15) is 5.11 Å². The van der Waals surface area contributed by atoms with Gasteiger partial charge in [0.15, 0.2) is 11.5 Å². The summed E-state index contributed by atoms with van der Waals surface area (Å²) in [4.78, 5) is 0. The van der Waals surface area contributed by atoms with E-state index in [4.69, 9.17) is 14.2 Å². The maximum atomic E-state index is 9.27. The van der Waals surface area contributed by atoms with Crippen molar-refractivity contribution in [1.82, 2.24) is 0 Å². The van der Waals surface area contributed by atoms with E-state index < -0.39 is 0 Å².